The molecular weight excluding hydrogens is 369 g/mol. The zero-order chi connectivity index (χ0) is 20.4. The lowest BCUT2D eigenvalue weighted by atomic mass is 9.85. The van der Waals surface area contributed by atoms with Crippen LogP contribution >= 0.6 is 0 Å². The van der Waals surface area contributed by atoms with Crippen molar-refractivity contribution in [1.82, 2.24) is 5.32 Å². The van der Waals surface area contributed by atoms with E-state index in [2.05, 4.69) is 5.32 Å². The molecule has 2 aliphatic rings. The quantitative estimate of drug-likeness (QED) is 0.719. The third-order valence-corrected chi connectivity index (χ3v) is 5.05. The van der Waals surface area contributed by atoms with Crippen LogP contribution in [-0.2, 0) is 14.3 Å². The van der Waals surface area contributed by atoms with Crippen LogP contribution in [0.5, 0.6) is 0 Å². The van der Waals surface area contributed by atoms with Gasteiger partial charge in [0.15, 0.2) is 5.78 Å². The number of amides is 2. The standard InChI is InChI=1S/C19H24FN3O5/c1-11-9-23(18(11)17(26)5-6-24)16-4-3-13(7-15(16)20)22-10-14(28-19(22)27)8-21-12(2)25/h3-4,7,11,14,18,24H,5-6,8-10H2,1-2H3,(H,21,25)/t11-,14-,18-/m0/s1. The van der Waals surface area contributed by atoms with E-state index >= 15 is 0 Å². The first-order chi connectivity index (χ1) is 13.3. The molecule has 1 aromatic rings. The van der Waals surface area contributed by atoms with Crippen molar-refractivity contribution in [3.05, 3.63) is 24.0 Å². The van der Waals surface area contributed by atoms with Crippen molar-refractivity contribution >= 4 is 29.2 Å². The van der Waals surface area contributed by atoms with E-state index < -0.39 is 24.1 Å². The number of carbonyl (C=O) groups excluding carboxylic acids is 3. The minimum atomic E-state index is -0.601. The molecule has 2 saturated heterocycles. The second kappa shape index (κ2) is 8.14. The lowest BCUT2D eigenvalue weighted by Gasteiger charge is -2.47. The molecular formula is C19H24FN3O5. The summed E-state index contributed by atoms with van der Waals surface area (Å²) in [5.74, 6) is -0.793. The number of nitrogens with zero attached hydrogens (tertiary/aromatic N) is 2. The van der Waals surface area contributed by atoms with E-state index in [0.717, 1.165) is 0 Å². The monoisotopic (exact) mass is 393 g/mol. The first-order valence-corrected chi connectivity index (χ1v) is 9.24. The van der Waals surface area contributed by atoms with Crippen LogP contribution in [0.2, 0.25) is 0 Å². The van der Waals surface area contributed by atoms with Crippen LogP contribution in [0.15, 0.2) is 18.2 Å². The SMILES string of the molecule is CC(=O)NC[C@H]1CN(c2ccc(N3C[C@H](C)[C@H]3C(=O)CCO)c(F)c2)C(=O)O1. The Morgan fingerprint density at radius 1 is 1.36 bits per heavy atom. The number of aliphatic hydroxyl groups is 1. The number of ketones is 1. The van der Waals surface area contributed by atoms with Crippen LogP contribution in [0.3, 0.4) is 0 Å². The molecule has 0 unspecified atom stereocenters. The van der Waals surface area contributed by atoms with Crippen LogP contribution in [0, 0.1) is 11.7 Å². The number of rotatable bonds is 7. The lowest BCUT2D eigenvalue weighted by Crippen LogP contribution is -2.59. The minimum Gasteiger partial charge on any atom is -0.442 e. The third kappa shape index (κ3) is 3.94. The first-order valence-electron chi connectivity index (χ1n) is 9.24. The molecule has 3 atom stereocenters. The van der Waals surface area contributed by atoms with Gasteiger partial charge < -0.3 is 20.1 Å². The summed E-state index contributed by atoms with van der Waals surface area (Å²) in [7, 11) is 0. The molecule has 0 bridgehead atoms. The fraction of sp³-hybridized carbons (Fsp3) is 0.526. The molecule has 2 fully saturated rings. The molecule has 2 aliphatic heterocycles. The summed E-state index contributed by atoms with van der Waals surface area (Å²) < 4.78 is 20.0. The van der Waals surface area contributed by atoms with E-state index in [1.54, 1.807) is 17.0 Å². The Kier molecular flexibility index (Phi) is 5.83. The number of nitrogens with one attached hydrogen (secondary N) is 1. The third-order valence-electron chi connectivity index (χ3n) is 5.05. The molecule has 152 valence electrons. The van der Waals surface area contributed by atoms with Crippen LogP contribution < -0.4 is 15.1 Å². The summed E-state index contributed by atoms with van der Waals surface area (Å²) in [6.45, 7) is 4.00. The largest absolute Gasteiger partial charge is 0.442 e. The Bertz CT molecular complexity index is 787. The number of carbonyl (C=O) groups is 3. The highest BCUT2D eigenvalue weighted by molar-refractivity contribution is 5.91. The van der Waals surface area contributed by atoms with Crippen LogP contribution in [0.25, 0.3) is 0 Å². The average Bonchev–Trinajstić information content (AvgIpc) is 2.99. The minimum absolute atomic E-state index is 0.0422. The number of benzene rings is 1. The summed E-state index contributed by atoms with van der Waals surface area (Å²) >= 11 is 0. The molecule has 0 aromatic heterocycles. The maximum atomic E-state index is 14.8. The lowest BCUT2D eigenvalue weighted by molar-refractivity contribution is -0.123. The van der Waals surface area contributed by atoms with Gasteiger partial charge in [-0.15, -0.1) is 0 Å². The van der Waals surface area contributed by atoms with Gasteiger partial charge in [0.25, 0.3) is 0 Å². The van der Waals surface area contributed by atoms with Gasteiger partial charge in [0.2, 0.25) is 5.91 Å². The molecule has 0 saturated carbocycles. The van der Waals surface area contributed by atoms with Gasteiger partial charge in [-0.25, -0.2) is 9.18 Å². The average molecular weight is 393 g/mol. The van der Waals surface area contributed by atoms with E-state index in [0.29, 0.717) is 17.9 Å². The highest BCUT2D eigenvalue weighted by Gasteiger charge is 2.41. The normalized spacial score (nSPS) is 24.0. The summed E-state index contributed by atoms with van der Waals surface area (Å²) in [4.78, 5) is 38.2. The molecule has 8 nitrogen and oxygen atoms in total. The van der Waals surface area contributed by atoms with Crippen molar-refractivity contribution in [2.45, 2.75) is 32.4 Å². The number of ether oxygens (including phenoxy) is 1. The van der Waals surface area contributed by atoms with E-state index in [1.807, 2.05) is 6.92 Å². The molecule has 0 spiro atoms. The van der Waals surface area contributed by atoms with Crippen molar-refractivity contribution in [3.63, 3.8) is 0 Å². The second-order valence-corrected chi connectivity index (χ2v) is 7.20. The second-order valence-electron chi connectivity index (χ2n) is 7.20. The number of Topliss-reactive ketones (excluding diaryl/α,β-unsaturated/α-hetero) is 1. The fourth-order valence-corrected chi connectivity index (χ4v) is 3.68. The molecule has 3 rings (SSSR count). The Labute approximate surface area is 162 Å². The summed E-state index contributed by atoms with van der Waals surface area (Å²) in [5.41, 5.74) is 0.642. The zero-order valence-electron chi connectivity index (χ0n) is 15.9. The molecule has 28 heavy (non-hydrogen) atoms. The van der Waals surface area contributed by atoms with Gasteiger partial charge in [0.1, 0.15) is 11.9 Å². The molecule has 0 aliphatic carbocycles. The van der Waals surface area contributed by atoms with Crippen molar-refractivity contribution in [2.24, 2.45) is 5.92 Å². The Hall–Kier alpha value is -2.68. The van der Waals surface area contributed by atoms with Gasteiger partial charge in [0.05, 0.1) is 37.1 Å². The predicted octanol–water partition coefficient (Wildman–Crippen LogP) is 1.06. The predicted molar refractivity (Wildman–Crippen MR) is 99.7 cm³/mol. The van der Waals surface area contributed by atoms with Crippen molar-refractivity contribution in [2.75, 3.05) is 36.0 Å². The Morgan fingerprint density at radius 2 is 2.11 bits per heavy atom. The number of anilines is 2. The van der Waals surface area contributed by atoms with Crippen LogP contribution in [0.1, 0.15) is 20.3 Å². The summed E-state index contributed by atoms with van der Waals surface area (Å²) in [5, 5.41) is 11.6. The van der Waals surface area contributed by atoms with Crippen LogP contribution in [0.4, 0.5) is 20.6 Å². The van der Waals surface area contributed by atoms with Crippen molar-refractivity contribution in [1.29, 1.82) is 0 Å². The molecule has 2 heterocycles. The summed E-state index contributed by atoms with van der Waals surface area (Å²) in [6.07, 6.45) is -1.06. The number of halogens is 1. The van der Waals surface area contributed by atoms with Gasteiger partial charge in [-0.1, -0.05) is 6.92 Å². The summed E-state index contributed by atoms with van der Waals surface area (Å²) in [6, 6.07) is 3.95. The number of aliphatic hydroxyl groups excluding tert-OH is 1. The van der Waals surface area contributed by atoms with E-state index in [9.17, 15) is 18.8 Å². The van der Waals surface area contributed by atoms with Gasteiger partial charge in [-0.3, -0.25) is 14.5 Å². The highest BCUT2D eigenvalue weighted by Crippen LogP contribution is 2.35. The molecule has 1 aromatic carbocycles. The van der Waals surface area contributed by atoms with E-state index in [-0.39, 0.29) is 43.7 Å². The zero-order valence-corrected chi connectivity index (χ0v) is 15.9. The number of hydrogen-bond donors (Lipinski definition) is 2. The highest BCUT2D eigenvalue weighted by atomic mass is 19.1. The number of cyclic esters (lactones) is 1. The van der Waals surface area contributed by atoms with Crippen molar-refractivity contribution < 1.29 is 28.6 Å². The Balaban J connectivity index is 1.72. The fourth-order valence-electron chi connectivity index (χ4n) is 3.68. The van der Waals surface area contributed by atoms with E-state index in [1.165, 1.54) is 17.9 Å². The van der Waals surface area contributed by atoms with Crippen molar-refractivity contribution in [3.8, 4) is 0 Å². The molecule has 9 heteroatoms. The van der Waals surface area contributed by atoms with Gasteiger partial charge in [-0.05, 0) is 18.2 Å². The topological polar surface area (TPSA) is 99.2 Å². The van der Waals surface area contributed by atoms with Gasteiger partial charge >= 0.3 is 6.09 Å². The maximum absolute atomic E-state index is 14.8. The van der Waals surface area contributed by atoms with Crippen LogP contribution in [-0.4, -0.2) is 61.3 Å². The molecule has 2 N–H and O–H groups in total. The maximum Gasteiger partial charge on any atom is 0.414 e. The molecule has 0 radical (unpaired) electrons. The van der Waals surface area contributed by atoms with Gasteiger partial charge in [-0.2, -0.15) is 0 Å². The Morgan fingerprint density at radius 3 is 2.71 bits per heavy atom. The van der Waals surface area contributed by atoms with E-state index in [4.69, 9.17) is 9.84 Å². The first kappa shape index (κ1) is 20.1. The smallest absolute Gasteiger partial charge is 0.414 e. The molecule has 2 amide bonds. The number of hydrogen-bond acceptors (Lipinski definition) is 6. The van der Waals surface area contributed by atoms with Gasteiger partial charge in [0, 0.05) is 25.8 Å².